The molecular formula is C26H33ClN4O4S. The Kier molecular flexibility index (Phi) is 8.54. The number of aromatic nitrogens is 2. The topological polar surface area (TPSA) is 101 Å². The third-order valence-electron chi connectivity index (χ3n) is 6.88. The van der Waals surface area contributed by atoms with Gasteiger partial charge < -0.3 is 24.4 Å². The number of carboxylic acids is 1. The van der Waals surface area contributed by atoms with E-state index in [1.807, 2.05) is 41.5 Å². The highest BCUT2D eigenvalue weighted by Gasteiger charge is 2.31. The Bertz CT molecular complexity index is 1220. The van der Waals surface area contributed by atoms with Crippen molar-refractivity contribution < 1.29 is 19.2 Å². The summed E-state index contributed by atoms with van der Waals surface area (Å²) >= 11 is 7.50. The maximum Gasteiger partial charge on any atom is 0.303 e. The van der Waals surface area contributed by atoms with Gasteiger partial charge in [0.1, 0.15) is 11.4 Å². The van der Waals surface area contributed by atoms with E-state index < -0.39 is 5.97 Å². The van der Waals surface area contributed by atoms with E-state index in [4.69, 9.17) is 16.1 Å². The molecule has 194 valence electrons. The number of halogens is 1. The molecule has 4 rings (SSSR count). The highest BCUT2D eigenvalue weighted by atomic mass is 35.5. The summed E-state index contributed by atoms with van der Waals surface area (Å²) in [7, 11) is 0. The van der Waals surface area contributed by atoms with Crippen LogP contribution in [0.5, 0.6) is 0 Å². The van der Waals surface area contributed by atoms with Gasteiger partial charge in [-0.2, -0.15) is 0 Å². The fourth-order valence-corrected chi connectivity index (χ4v) is 6.07. The first-order valence-corrected chi connectivity index (χ1v) is 13.6. The van der Waals surface area contributed by atoms with Crippen LogP contribution in [0.25, 0.3) is 10.6 Å². The molecule has 0 radical (unpaired) electrons. The Balaban J connectivity index is 1.71. The highest BCUT2D eigenvalue weighted by molar-refractivity contribution is 7.19. The minimum absolute atomic E-state index is 0.000294. The zero-order valence-corrected chi connectivity index (χ0v) is 22.5. The molecule has 1 aliphatic rings. The number of hydrogen-bond acceptors (Lipinski definition) is 6. The lowest BCUT2D eigenvalue weighted by Crippen LogP contribution is -2.47. The molecule has 1 amide bonds. The smallest absolute Gasteiger partial charge is 0.303 e. The van der Waals surface area contributed by atoms with Crippen LogP contribution in [0.2, 0.25) is 4.34 Å². The molecule has 0 spiro atoms. The number of carboxylic acid groups (broad SMARTS) is 1. The Morgan fingerprint density at radius 3 is 2.69 bits per heavy atom. The third kappa shape index (κ3) is 5.68. The monoisotopic (exact) mass is 532 g/mol. The fraction of sp³-hybridized carbons (Fsp3) is 0.500. The van der Waals surface area contributed by atoms with E-state index in [9.17, 15) is 14.7 Å². The van der Waals surface area contributed by atoms with E-state index in [-0.39, 0.29) is 18.4 Å². The zero-order chi connectivity index (χ0) is 25.8. The minimum atomic E-state index is -0.854. The van der Waals surface area contributed by atoms with Crippen molar-refractivity contribution in [2.24, 2.45) is 0 Å². The van der Waals surface area contributed by atoms with Gasteiger partial charge in [-0.3, -0.25) is 9.59 Å². The number of carbonyl (C=O) groups is 2. The van der Waals surface area contributed by atoms with Crippen molar-refractivity contribution in [2.45, 2.75) is 65.5 Å². The first-order chi connectivity index (χ1) is 17.3. The lowest BCUT2D eigenvalue weighted by atomic mass is 10.0. The average molecular weight is 533 g/mol. The highest BCUT2D eigenvalue weighted by Crippen LogP contribution is 2.32. The number of nitrogens with zero attached hydrogens (tertiary/aromatic N) is 3. The Morgan fingerprint density at radius 2 is 2.06 bits per heavy atom. The number of aliphatic carboxylic acids is 1. The molecule has 0 aliphatic carbocycles. The summed E-state index contributed by atoms with van der Waals surface area (Å²) in [6.45, 7) is 8.81. The molecule has 1 saturated heterocycles. The number of amides is 1. The summed E-state index contributed by atoms with van der Waals surface area (Å²) in [5, 5.41) is 16.9. The van der Waals surface area contributed by atoms with Crippen LogP contribution in [0.3, 0.4) is 0 Å². The summed E-state index contributed by atoms with van der Waals surface area (Å²) in [6, 6.07) is 5.77. The van der Waals surface area contributed by atoms with Crippen LogP contribution in [-0.2, 0) is 17.8 Å². The van der Waals surface area contributed by atoms with Crippen LogP contribution >= 0.6 is 22.9 Å². The van der Waals surface area contributed by atoms with Crippen molar-refractivity contribution in [3.8, 4) is 10.6 Å². The van der Waals surface area contributed by atoms with Gasteiger partial charge in [0.15, 0.2) is 5.76 Å². The van der Waals surface area contributed by atoms with Crippen molar-refractivity contribution in [3.05, 3.63) is 50.7 Å². The zero-order valence-electron chi connectivity index (χ0n) is 21.0. The maximum atomic E-state index is 14.1. The van der Waals surface area contributed by atoms with Gasteiger partial charge in [0.25, 0.3) is 5.91 Å². The number of nitrogens with one attached hydrogen (secondary N) is 1. The van der Waals surface area contributed by atoms with Crippen LogP contribution < -0.4 is 5.32 Å². The Hall–Kier alpha value is -2.62. The molecule has 10 heteroatoms. The van der Waals surface area contributed by atoms with E-state index in [2.05, 4.69) is 17.4 Å². The second kappa shape index (κ2) is 11.6. The van der Waals surface area contributed by atoms with Gasteiger partial charge >= 0.3 is 5.97 Å². The van der Waals surface area contributed by atoms with Crippen molar-refractivity contribution in [3.63, 3.8) is 0 Å². The summed E-state index contributed by atoms with van der Waals surface area (Å²) in [4.78, 5) is 28.3. The lowest BCUT2D eigenvalue weighted by molar-refractivity contribution is -0.136. The quantitative estimate of drug-likeness (QED) is 0.375. The molecule has 0 unspecified atom stereocenters. The number of hydrogen-bond donors (Lipinski definition) is 2. The predicted octanol–water partition coefficient (Wildman–Crippen LogP) is 5.14. The van der Waals surface area contributed by atoms with Gasteiger partial charge in [0.05, 0.1) is 15.8 Å². The van der Waals surface area contributed by atoms with Crippen molar-refractivity contribution in [1.82, 2.24) is 19.9 Å². The van der Waals surface area contributed by atoms with Crippen LogP contribution in [0.15, 0.2) is 22.7 Å². The molecule has 8 nitrogen and oxygen atoms in total. The first kappa shape index (κ1) is 26.4. The first-order valence-electron chi connectivity index (χ1n) is 12.4. The normalized spacial score (nSPS) is 14.3. The Morgan fingerprint density at radius 1 is 1.31 bits per heavy atom. The van der Waals surface area contributed by atoms with Crippen LogP contribution in [0.1, 0.15) is 65.6 Å². The second-order valence-electron chi connectivity index (χ2n) is 9.28. The van der Waals surface area contributed by atoms with Gasteiger partial charge in [-0.05, 0) is 75.9 Å². The van der Waals surface area contributed by atoms with E-state index in [1.54, 1.807) is 0 Å². The number of carbonyl (C=O) groups excluding carboxylic acids is 1. The van der Waals surface area contributed by atoms with Crippen LogP contribution in [0, 0.1) is 13.8 Å². The molecule has 2 N–H and O–H groups in total. The van der Waals surface area contributed by atoms with Gasteiger partial charge in [0.2, 0.25) is 0 Å². The van der Waals surface area contributed by atoms with Gasteiger partial charge in [-0.25, -0.2) is 0 Å². The summed E-state index contributed by atoms with van der Waals surface area (Å²) in [5.41, 5.74) is 3.96. The minimum Gasteiger partial charge on any atom is -0.481 e. The van der Waals surface area contributed by atoms with E-state index in [1.165, 1.54) is 11.3 Å². The number of piperidine rings is 1. The predicted molar refractivity (Wildman–Crippen MR) is 141 cm³/mol. The summed E-state index contributed by atoms with van der Waals surface area (Å²) in [5.74, 6) is -0.225. The number of thiophene rings is 1. The SMILES string of the molecule is CCCN(C(=O)c1c(C)c(CCC(=O)O)c(C)n1Cc1cc(-c2ccc(Cl)s2)on1)C1CCNCC1. The number of rotatable bonds is 10. The van der Waals surface area contributed by atoms with E-state index in [0.29, 0.717) is 41.0 Å². The molecule has 3 aromatic heterocycles. The van der Waals surface area contributed by atoms with Crippen molar-refractivity contribution in [2.75, 3.05) is 19.6 Å². The molecule has 0 bridgehead atoms. The standard InChI is InChI=1S/C26H33ClN4O4S/c1-4-13-30(19-9-11-28-12-10-19)26(34)25-16(2)20(5-8-24(32)33)17(3)31(25)15-18-14-21(35-29-18)22-6-7-23(27)36-22/h6-7,14,19,28H,4-5,8-13,15H2,1-3H3,(H,32,33). The third-order valence-corrected chi connectivity index (χ3v) is 8.13. The largest absolute Gasteiger partial charge is 0.481 e. The molecule has 3 aromatic rings. The fourth-order valence-electron chi connectivity index (χ4n) is 5.08. The summed E-state index contributed by atoms with van der Waals surface area (Å²) in [6.07, 6.45) is 3.10. The van der Waals surface area contributed by atoms with Crippen molar-refractivity contribution in [1.29, 1.82) is 0 Å². The lowest BCUT2D eigenvalue weighted by Gasteiger charge is -2.35. The molecule has 4 heterocycles. The van der Waals surface area contributed by atoms with Crippen LogP contribution in [-0.4, -0.2) is 57.3 Å². The molecule has 1 fully saturated rings. The van der Waals surface area contributed by atoms with Gasteiger partial charge in [0, 0.05) is 30.8 Å². The summed E-state index contributed by atoms with van der Waals surface area (Å²) < 4.78 is 8.24. The van der Waals surface area contributed by atoms with E-state index >= 15 is 0 Å². The molecule has 0 aromatic carbocycles. The van der Waals surface area contributed by atoms with Gasteiger partial charge in [-0.15, -0.1) is 11.3 Å². The molecule has 36 heavy (non-hydrogen) atoms. The molecular weight excluding hydrogens is 500 g/mol. The molecule has 0 saturated carbocycles. The van der Waals surface area contributed by atoms with Crippen molar-refractivity contribution >= 4 is 34.8 Å². The van der Waals surface area contributed by atoms with Crippen LogP contribution in [0.4, 0.5) is 0 Å². The van der Waals surface area contributed by atoms with E-state index in [0.717, 1.165) is 54.0 Å². The second-order valence-corrected chi connectivity index (χ2v) is 11.0. The van der Waals surface area contributed by atoms with Gasteiger partial charge in [-0.1, -0.05) is 23.7 Å². The molecule has 1 aliphatic heterocycles. The Labute approximate surface area is 220 Å². The average Bonchev–Trinajstić information content (AvgIpc) is 3.56. The molecule has 0 atom stereocenters. The maximum absolute atomic E-state index is 14.1.